The molecule has 0 unspecified atom stereocenters. The average Bonchev–Trinajstić information content (AvgIpc) is 3.10. The van der Waals surface area contributed by atoms with Crippen LogP contribution in [0.5, 0.6) is 0 Å². The first-order valence-electron chi connectivity index (χ1n) is 6.41. The molecule has 3 rings (SSSR count). The van der Waals surface area contributed by atoms with E-state index in [0.29, 0.717) is 11.8 Å². The third-order valence-electron chi connectivity index (χ3n) is 3.01. The minimum Gasteiger partial charge on any atom is -0.423 e. The number of aromatic nitrogens is 2. The van der Waals surface area contributed by atoms with Crippen LogP contribution in [0.4, 0.5) is 5.69 Å². The molecular weight excluding hydrogens is 270 g/mol. The number of hydrogen-bond acceptors (Lipinski definition) is 5. The predicted octanol–water partition coefficient (Wildman–Crippen LogP) is 4.28. The highest BCUT2D eigenvalue weighted by molar-refractivity contribution is 7.08. The second kappa shape index (κ2) is 5.46. The van der Waals surface area contributed by atoms with E-state index < -0.39 is 0 Å². The van der Waals surface area contributed by atoms with E-state index in [9.17, 15) is 0 Å². The first-order valence-corrected chi connectivity index (χ1v) is 7.36. The van der Waals surface area contributed by atoms with Crippen molar-refractivity contribution in [2.75, 3.05) is 5.32 Å². The molecule has 0 aliphatic heterocycles. The highest BCUT2D eigenvalue weighted by Gasteiger charge is 2.12. The maximum absolute atomic E-state index is 5.44. The second-order valence-corrected chi connectivity index (χ2v) is 5.40. The van der Waals surface area contributed by atoms with E-state index in [1.54, 1.807) is 18.3 Å². The zero-order valence-corrected chi connectivity index (χ0v) is 12.1. The van der Waals surface area contributed by atoms with Gasteiger partial charge in [0.1, 0.15) is 6.04 Å². The molecule has 3 aromatic rings. The van der Waals surface area contributed by atoms with Crippen LogP contribution in [0, 0.1) is 6.92 Å². The summed E-state index contributed by atoms with van der Waals surface area (Å²) >= 11 is 1.70. The van der Waals surface area contributed by atoms with Crippen molar-refractivity contribution in [2.45, 2.75) is 19.9 Å². The van der Waals surface area contributed by atoms with Crippen LogP contribution >= 0.6 is 11.3 Å². The van der Waals surface area contributed by atoms with Crippen molar-refractivity contribution in [3.8, 4) is 11.1 Å². The van der Waals surface area contributed by atoms with Gasteiger partial charge in [-0.2, -0.15) is 11.3 Å². The van der Waals surface area contributed by atoms with Crippen molar-refractivity contribution in [3.63, 3.8) is 0 Å². The number of nitrogens with zero attached hydrogens (tertiary/aromatic N) is 2. The van der Waals surface area contributed by atoms with Gasteiger partial charge in [-0.15, -0.1) is 10.2 Å². The van der Waals surface area contributed by atoms with E-state index in [-0.39, 0.29) is 6.04 Å². The Labute approximate surface area is 121 Å². The molecular formula is C15H15N3OS. The standard InChI is InChI=1S/C15H15N3OS/c1-10(15-18-17-11(2)19-15)16-14-5-3-4-12(8-14)13-6-7-20-9-13/h3-10,16H,1-2H3/t10-/m1/s1. The highest BCUT2D eigenvalue weighted by atomic mass is 32.1. The third kappa shape index (κ3) is 2.72. The number of nitrogens with one attached hydrogen (secondary N) is 1. The molecule has 0 amide bonds. The number of hydrogen-bond donors (Lipinski definition) is 1. The number of benzene rings is 1. The van der Waals surface area contributed by atoms with Crippen LogP contribution in [-0.4, -0.2) is 10.2 Å². The van der Waals surface area contributed by atoms with Gasteiger partial charge in [0, 0.05) is 12.6 Å². The molecule has 1 aromatic carbocycles. The maximum Gasteiger partial charge on any atom is 0.238 e. The van der Waals surface area contributed by atoms with Crippen LogP contribution in [0.2, 0.25) is 0 Å². The SMILES string of the molecule is Cc1nnc([C@@H](C)Nc2cccc(-c3ccsc3)c2)o1. The number of thiophene rings is 1. The smallest absolute Gasteiger partial charge is 0.238 e. The monoisotopic (exact) mass is 285 g/mol. The van der Waals surface area contributed by atoms with Crippen molar-refractivity contribution in [2.24, 2.45) is 0 Å². The van der Waals surface area contributed by atoms with Gasteiger partial charge in [0.2, 0.25) is 11.8 Å². The first-order chi connectivity index (χ1) is 9.72. The first kappa shape index (κ1) is 12.9. The Morgan fingerprint density at radius 2 is 2.10 bits per heavy atom. The minimum atomic E-state index is -0.0195. The summed E-state index contributed by atoms with van der Waals surface area (Å²) in [4.78, 5) is 0. The second-order valence-electron chi connectivity index (χ2n) is 4.62. The Kier molecular flexibility index (Phi) is 3.52. The lowest BCUT2D eigenvalue weighted by atomic mass is 10.1. The van der Waals surface area contributed by atoms with Gasteiger partial charge in [-0.3, -0.25) is 0 Å². The van der Waals surface area contributed by atoms with Crippen LogP contribution in [0.3, 0.4) is 0 Å². The van der Waals surface area contributed by atoms with Crippen molar-refractivity contribution < 1.29 is 4.42 Å². The molecule has 1 atom stereocenters. The number of aryl methyl sites for hydroxylation is 1. The fourth-order valence-corrected chi connectivity index (χ4v) is 2.68. The van der Waals surface area contributed by atoms with Gasteiger partial charge in [0.25, 0.3) is 0 Å². The summed E-state index contributed by atoms with van der Waals surface area (Å²) < 4.78 is 5.44. The molecule has 4 nitrogen and oxygen atoms in total. The van der Waals surface area contributed by atoms with E-state index in [1.165, 1.54) is 11.1 Å². The van der Waals surface area contributed by atoms with Gasteiger partial charge in [0.05, 0.1) is 0 Å². The zero-order chi connectivity index (χ0) is 13.9. The van der Waals surface area contributed by atoms with Gasteiger partial charge < -0.3 is 9.73 Å². The van der Waals surface area contributed by atoms with Gasteiger partial charge in [-0.05, 0) is 47.0 Å². The Balaban J connectivity index is 1.79. The molecule has 0 radical (unpaired) electrons. The molecule has 0 aliphatic rings. The fourth-order valence-electron chi connectivity index (χ4n) is 2.02. The molecule has 0 spiro atoms. The normalized spacial score (nSPS) is 12.3. The summed E-state index contributed by atoms with van der Waals surface area (Å²) in [6, 6.07) is 10.4. The van der Waals surface area contributed by atoms with Crippen LogP contribution in [0.1, 0.15) is 24.7 Å². The van der Waals surface area contributed by atoms with Crippen molar-refractivity contribution in [3.05, 3.63) is 52.9 Å². The molecule has 1 N–H and O–H groups in total. The summed E-state index contributed by atoms with van der Waals surface area (Å²) in [5.41, 5.74) is 3.47. The lowest BCUT2D eigenvalue weighted by Crippen LogP contribution is -2.07. The number of rotatable bonds is 4. The summed E-state index contributed by atoms with van der Waals surface area (Å²) in [5, 5.41) is 15.5. The van der Waals surface area contributed by atoms with Crippen LogP contribution in [0.25, 0.3) is 11.1 Å². The van der Waals surface area contributed by atoms with Crippen molar-refractivity contribution in [1.29, 1.82) is 0 Å². The lowest BCUT2D eigenvalue weighted by molar-refractivity contribution is 0.451. The van der Waals surface area contributed by atoms with Gasteiger partial charge in [-0.1, -0.05) is 12.1 Å². The lowest BCUT2D eigenvalue weighted by Gasteiger charge is -2.12. The molecule has 5 heteroatoms. The quantitative estimate of drug-likeness (QED) is 0.777. The van der Waals surface area contributed by atoms with Crippen molar-refractivity contribution >= 4 is 17.0 Å². The summed E-state index contributed by atoms with van der Waals surface area (Å²) in [6.07, 6.45) is 0. The summed E-state index contributed by atoms with van der Waals surface area (Å²) in [5.74, 6) is 1.18. The average molecular weight is 285 g/mol. The Morgan fingerprint density at radius 3 is 2.80 bits per heavy atom. The third-order valence-corrected chi connectivity index (χ3v) is 3.70. The van der Waals surface area contributed by atoms with Crippen LogP contribution in [0.15, 0.2) is 45.5 Å². The molecule has 2 heterocycles. The van der Waals surface area contributed by atoms with Crippen LogP contribution in [-0.2, 0) is 0 Å². The predicted molar refractivity (Wildman–Crippen MR) is 80.8 cm³/mol. The fraction of sp³-hybridized carbons (Fsp3) is 0.200. The van der Waals surface area contributed by atoms with E-state index >= 15 is 0 Å². The Hall–Kier alpha value is -2.14. The molecule has 0 aliphatic carbocycles. The van der Waals surface area contributed by atoms with E-state index in [0.717, 1.165) is 5.69 Å². The van der Waals surface area contributed by atoms with E-state index in [2.05, 4.69) is 44.5 Å². The van der Waals surface area contributed by atoms with E-state index in [4.69, 9.17) is 4.42 Å². The molecule has 20 heavy (non-hydrogen) atoms. The highest BCUT2D eigenvalue weighted by Crippen LogP contribution is 2.26. The van der Waals surface area contributed by atoms with Gasteiger partial charge in [0.15, 0.2) is 0 Å². The molecule has 2 aromatic heterocycles. The molecule has 0 saturated carbocycles. The Bertz CT molecular complexity index is 691. The maximum atomic E-state index is 5.44. The van der Waals surface area contributed by atoms with Crippen molar-refractivity contribution in [1.82, 2.24) is 10.2 Å². The van der Waals surface area contributed by atoms with E-state index in [1.807, 2.05) is 19.1 Å². The summed E-state index contributed by atoms with van der Waals surface area (Å²) in [6.45, 7) is 3.80. The number of anilines is 1. The van der Waals surface area contributed by atoms with Gasteiger partial charge >= 0.3 is 0 Å². The van der Waals surface area contributed by atoms with Gasteiger partial charge in [-0.25, -0.2) is 0 Å². The minimum absolute atomic E-state index is 0.0195. The summed E-state index contributed by atoms with van der Waals surface area (Å²) in [7, 11) is 0. The zero-order valence-electron chi connectivity index (χ0n) is 11.3. The Morgan fingerprint density at radius 1 is 1.20 bits per heavy atom. The topological polar surface area (TPSA) is 51.0 Å². The molecule has 0 saturated heterocycles. The van der Waals surface area contributed by atoms with Crippen LogP contribution < -0.4 is 5.32 Å². The molecule has 102 valence electrons. The molecule has 0 fully saturated rings. The largest absolute Gasteiger partial charge is 0.423 e. The molecule has 0 bridgehead atoms.